The summed E-state index contributed by atoms with van der Waals surface area (Å²) in [5, 5.41) is 4.95. The van der Waals surface area contributed by atoms with E-state index >= 15 is 0 Å². The quantitative estimate of drug-likeness (QED) is 0.251. The first-order chi connectivity index (χ1) is 11.1. The number of rotatable bonds is 4. The molecule has 11 heteroatoms. The van der Waals surface area contributed by atoms with Crippen LogP contribution in [0.2, 0.25) is 0 Å². The molecule has 0 aliphatic rings. The summed E-state index contributed by atoms with van der Waals surface area (Å²) in [7, 11) is 0. The molecule has 128 valence electrons. The molecule has 0 aromatic heterocycles. The van der Waals surface area contributed by atoms with E-state index in [2.05, 4.69) is 10.6 Å². The van der Waals surface area contributed by atoms with Crippen molar-refractivity contribution in [2.24, 2.45) is 0 Å². The molecule has 0 bridgehead atoms. The molecule has 0 atom stereocenters. The van der Waals surface area contributed by atoms with Gasteiger partial charge in [0.1, 0.15) is 0 Å². The average Bonchev–Trinajstić information content (AvgIpc) is 2.46. The monoisotopic (exact) mass is 552 g/mol. The zero-order valence-electron chi connectivity index (χ0n) is 12.0. The zero-order valence-corrected chi connectivity index (χ0v) is 17.1. The van der Waals surface area contributed by atoms with Crippen LogP contribution in [0.1, 0.15) is 0 Å². The van der Waals surface area contributed by atoms with E-state index < -0.39 is 45.3 Å². The Morgan fingerprint density at radius 1 is 0.667 bits per heavy atom. The minimum absolute atomic E-state index is 0.0739. The van der Waals surface area contributed by atoms with Crippen molar-refractivity contribution in [3.63, 3.8) is 0 Å². The summed E-state index contributed by atoms with van der Waals surface area (Å²) < 4.78 is 58.5. The van der Waals surface area contributed by atoms with Gasteiger partial charge in [0.25, 0.3) is 0 Å². The third-order valence-corrected chi connectivity index (χ3v) is 8.46. The number of anilines is 2. The molecule has 0 saturated heterocycles. The van der Waals surface area contributed by atoms with Crippen molar-refractivity contribution in [1.82, 2.24) is 0 Å². The molecule has 0 unspecified atom stereocenters. The summed E-state index contributed by atoms with van der Waals surface area (Å²) in [6.07, 6.45) is 0. The number of hydrogen-bond acceptors (Lipinski definition) is 3. The first-order valence-corrected chi connectivity index (χ1v) is 15.7. The van der Waals surface area contributed by atoms with Gasteiger partial charge < -0.3 is 0 Å². The second-order valence-corrected chi connectivity index (χ2v) is 13.9. The molecule has 2 aromatic rings. The van der Waals surface area contributed by atoms with Crippen LogP contribution in [0.25, 0.3) is 0 Å². The Morgan fingerprint density at radius 3 is 1.21 bits per heavy atom. The fourth-order valence-electron chi connectivity index (χ4n) is 1.77. The van der Waals surface area contributed by atoms with E-state index in [1.165, 1.54) is 48.5 Å². The fourth-order valence-corrected chi connectivity index (χ4v) is 4.84. The first-order valence-electron chi connectivity index (χ1n) is 6.46. The van der Waals surface area contributed by atoms with E-state index in [9.17, 15) is 10.8 Å². The second kappa shape index (κ2) is 7.35. The normalized spacial score (nSPS) is 11.8. The maximum absolute atomic E-state index is 11.8. The van der Waals surface area contributed by atoms with E-state index in [-0.39, 0.29) is 7.02 Å². The summed E-state index contributed by atoms with van der Waals surface area (Å²) in [6.45, 7) is 0. The van der Waals surface area contributed by atoms with Crippen molar-refractivity contribution in [1.29, 1.82) is 0 Å². The predicted molar refractivity (Wildman–Crippen MR) is 86.5 cm³/mol. The van der Waals surface area contributed by atoms with Gasteiger partial charge in [-0.2, -0.15) is 0 Å². The topological polar surface area (TPSA) is 156 Å². The van der Waals surface area contributed by atoms with Crippen molar-refractivity contribution in [3.05, 3.63) is 48.5 Å². The molecule has 0 heterocycles. The Balaban J connectivity index is 2.00. The third-order valence-electron chi connectivity index (χ3n) is 2.92. The number of urea groups is 1. The van der Waals surface area contributed by atoms with Gasteiger partial charge in [-0.15, -0.1) is 0 Å². The molecule has 24 heavy (non-hydrogen) atoms. The molecule has 0 aliphatic carbocycles. The number of nitrogens with one attached hydrogen (secondary N) is 2. The van der Waals surface area contributed by atoms with Crippen LogP contribution in [-0.2, 0) is 6.03 Å². The van der Waals surface area contributed by atoms with Crippen molar-refractivity contribution in [2.75, 3.05) is 10.6 Å². The summed E-state index contributed by atoms with van der Waals surface area (Å²) in [6, 6.07) is 9.82. The molecule has 9 nitrogen and oxygen atoms in total. The van der Waals surface area contributed by atoms with Crippen LogP contribution in [0.5, 0.6) is 0 Å². The molecule has 6 N–H and O–H groups in total. The number of carbonyl (C=O) groups excluding carboxylic acids is 1. The van der Waals surface area contributed by atoms with Gasteiger partial charge >= 0.3 is 147 Å². The molecule has 2 amide bonds. The number of amides is 2. The average molecular weight is 554 g/mol. The molecule has 0 spiro atoms. The van der Waals surface area contributed by atoms with Crippen LogP contribution in [0.15, 0.2) is 48.5 Å². The van der Waals surface area contributed by atoms with Crippen LogP contribution in [0.3, 0.4) is 0 Å². The molecule has 0 aliphatic heterocycles. The van der Waals surface area contributed by atoms with Gasteiger partial charge in [-0.25, -0.2) is 0 Å². The Labute approximate surface area is 146 Å². The Hall–Kier alpha value is -1.21. The number of hydrogen-bond donors (Lipinski definition) is 6. The molecule has 2 rings (SSSR count). The Bertz CT molecular complexity index is 755. The summed E-state index contributed by atoms with van der Waals surface area (Å²) >= 11 is -10.5. The molecule has 0 radical (unpaired) electrons. The third kappa shape index (κ3) is 5.41. The molecular weight excluding hydrogens is 540 g/mol. The summed E-state index contributed by atoms with van der Waals surface area (Å²) in [5.41, 5.74) is 0.670. The van der Waals surface area contributed by atoms with Crippen LogP contribution in [0, 0.1) is 0 Å². The van der Waals surface area contributed by atoms with Crippen LogP contribution >= 0.6 is 0 Å². The Kier molecular flexibility index (Phi) is 5.85. The van der Waals surface area contributed by atoms with E-state index in [0.717, 1.165) is 0 Å². The fraction of sp³-hybridized carbons (Fsp3) is 0. The van der Waals surface area contributed by atoms with Crippen LogP contribution in [-0.4, -0.2) is 58.8 Å². The van der Waals surface area contributed by atoms with Crippen molar-refractivity contribution in [2.45, 2.75) is 0 Å². The standard InChI is InChI=1S/C13H10N2O.4H2O.2O.2Sb/c16-13(14-11-7-3-1-4-8-11)15-12-9-5-2-6-10-12;;;;;;;;/h3-10H,(H2,14,15,16);4*1H2;;;;/q;;;;;;;2*+2/p-4. The molecule has 0 saturated carbocycles. The first kappa shape index (κ1) is 19.1. The van der Waals surface area contributed by atoms with Crippen molar-refractivity contribution >= 4 is 63.7 Å². The predicted octanol–water partition coefficient (Wildman–Crippen LogP) is -1.55. The van der Waals surface area contributed by atoms with E-state index in [0.29, 0.717) is 11.4 Å². The minimum atomic E-state index is -5.24. The van der Waals surface area contributed by atoms with Crippen LogP contribution in [0.4, 0.5) is 16.2 Å². The summed E-state index contributed by atoms with van der Waals surface area (Å²) in [5.74, 6) is 0. The van der Waals surface area contributed by atoms with Crippen LogP contribution < -0.4 is 17.7 Å². The van der Waals surface area contributed by atoms with Crippen molar-refractivity contribution < 1.29 is 24.4 Å². The van der Waals surface area contributed by atoms with Gasteiger partial charge in [0, 0.05) is 0 Å². The summed E-state index contributed by atoms with van der Waals surface area (Å²) in [4.78, 5) is 11.8. The van der Waals surface area contributed by atoms with Gasteiger partial charge in [-0.1, -0.05) is 0 Å². The second-order valence-electron chi connectivity index (χ2n) is 4.76. The number of benzene rings is 2. The Morgan fingerprint density at radius 2 is 0.958 bits per heavy atom. The van der Waals surface area contributed by atoms with Gasteiger partial charge in [-0.05, 0) is 0 Å². The van der Waals surface area contributed by atoms with Gasteiger partial charge in [0.2, 0.25) is 0 Å². The van der Waals surface area contributed by atoms with Gasteiger partial charge in [0.05, 0.1) is 0 Å². The molecule has 0 fully saturated rings. The zero-order chi connectivity index (χ0) is 18.0. The number of carbonyl (C=O) groups is 1. The SMILES string of the molecule is O=C(Nc1cc[c]([Sb](=[O])([OH])[OH])cc1)Nc1cc[c]([Sb](=[O])([OH])[OH])cc1. The molecular formula is C13H14N2O7Sb2. The van der Waals surface area contributed by atoms with E-state index in [4.69, 9.17) is 13.5 Å². The van der Waals surface area contributed by atoms with Gasteiger partial charge in [0.15, 0.2) is 0 Å². The van der Waals surface area contributed by atoms with Crippen molar-refractivity contribution in [3.8, 4) is 0 Å². The van der Waals surface area contributed by atoms with Gasteiger partial charge in [-0.3, -0.25) is 0 Å². The van der Waals surface area contributed by atoms with E-state index in [1.54, 1.807) is 0 Å². The van der Waals surface area contributed by atoms with E-state index in [1.807, 2.05) is 0 Å². The maximum atomic E-state index is 11.8. The molecule has 2 aromatic carbocycles.